The highest BCUT2D eigenvalue weighted by molar-refractivity contribution is 14.1. The van der Waals surface area contributed by atoms with Crippen LogP contribution >= 0.6 is 22.6 Å². The van der Waals surface area contributed by atoms with Crippen LogP contribution < -0.4 is 9.64 Å². The zero-order valence-corrected chi connectivity index (χ0v) is 30.3. The van der Waals surface area contributed by atoms with Crippen molar-refractivity contribution < 1.29 is 19.4 Å². The number of methoxy groups -OCH3 is 1. The molecule has 0 saturated carbocycles. The molecule has 0 bridgehead atoms. The highest BCUT2D eigenvalue weighted by Gasteiger charge is 2.65. The van der Waals surface area contributed by atoms with E-state index in [-0.39, 0.29) is 29.3 Å². The summed E-state index contributed by atoms with van der Waals surface area (Å²) < 4.78 is 15.6. The number of hydrogen-bond acceptors (Lipinski definition) is 6. The van der Waals surface area contributed by atoms with Crippen molar-refractivity contribution in [2.75, 3.05) is 12.0 Å². The van der Waals surface area contributed by atoms with E-state index in [0.717, 1.165) is 37.3 Å². The summed E-state index contributed by atoms with van der Waals surface area (Å²) >= 11 is 2.33. The monoisotopic (exact) mass is 768 g/mol. The summed E-state index contributed by atoms with van der Waals surface area (Å²) in [6.07, 6.45) is 1.25. The van der Waals surface area contributed by atoms with Crippen LogP contribution in [0.5, 0.6) is 5.75 Å². The highest BCUT2D eigenvalue weighted by Crippen LogP contribution is 2.60. The Kier molecular flexibility index (Phi) is 9.10. The molecule has 49 heavy (non-hydrogen) atoms. The van der Waals surface area contributed by atoms with Crippen LogP contribution in [-0.4, -0.2) is 39.2 Å². The minimum absolute atomic E-state index is 0.0205. The molecule has 1 saturated heterocycles. The van der Waals surface area contributed by atoms with Gasteiger partial charge < -0.3 is 19.5 Å². The van der Waals surface area contributed by atoms with Gasteiger partial charge in [-0.2, -0.15) is 0 Å². The van der Waals surface area contributed by atoms with Crippen LogP contribution in [0.2, 0.25) is 0 Å². The fraction of sp³-hybridized carbons (Fsp3) is 0.325. The molecule has 9 heteroatoms. The number of anilines is 1. The van der Waals surface area contributed by atoms with E-state index in [4.69, 9.17) is 9.47 Å². The van der Waals surface area contributed by atoms with Crippen molar-refractivity contribution in [1.82, 2.24) is 15.0 Å². The molecule has 2 aliphatic rings. The van der Waals surface area contributed by atoms with Crippen LogP contribution in [0.4, 0.5) is 5.69 Å². The summed E-state index contributed by atoms with van der Waals surface area (Å²) in [6.45, 7) is 7.68. The predicted octanol–water partition coefficient (Wildman–Crippen LogP) is 7.43. The average molecular weight is 769 g/mol. The molecular weight excluding hydrogens is 727 g/mol. The molecule has 1 spiro atoms. The van der Waals surface area contributed by atoms with Gasteiger partial charge in [-0.15, -0.1) is 5.10 Å². The number of benzene rings is 4. The molecule has 3 heterocycles. The molecule has 5 aromatic rings. The van der Waals surface area contributed by atoms with Gasteiger partial charge in [-0.1, -0.05) is 98.8 Å². The fourth-order valence-corrected chi connectivity index (χ4v) is 8.58. The van der Waals surface area contributed by atoms with E-state index in [1.807, 2.05) is 65.6 Å². The summed E-state index contributed by atoms with van der Waals surface area (Å²) in [5.74, 6) is 0.582. The van der Waals surface area contributed by atoms with Crippen LogP contribution in [0.25, 0.3) is 0 Å². The van der Waals surface area contributed by atoms with E-state index < -0.39 is 11.7 Å². The minimum atomic E-state index is -1.15. The molecule has 0 radical (unpaired) electrons. The average Bonchev–Trinajstić information content (AvgIpc) is 3.78. The maximum Gasteiger partial charge on any atom is 0.264 e. The van der Waals surface area contributed by atoms with Crippen LogP contribution in [0.15, 0.2) is 109 Å². The number of halogens is 1. The molecule has 0 unspecified atom stereocenters. The number of amides is 1. The van der Waals surface area contributed by atoms with Gasteiger partial charge in [-0.05, 0) is 81.4 Å². The van der Waals surface area contributed by atoms with E-state index in [1.54, 1.807) is 18.0 Å². The molecule has 8 nitrogen and oxygen atoms in total. The van der Waals surface area contributed by atoms with Gasteiger partial charge in [0.1, 0.15) is 17.5 Å². The topological polar surface area (TPSA) is 89.7 Å². The number of carbonyl (C=O) groups excluding carboxylic acids is 1. The number of hydrogen-bond donors (Lipinski definition) is 1. The zero-order chi connectivity index (χ0) is 34.3. The third-order valence-corrected chi connectivity index (χ3v) is 11.2. The van der Waals surface area contributed by atoms with E-state index in [0.29, 0.717) is 25.2 Å². The lowest BCUT2D eigenvalue weighted by Crippen LogP contribution is -2.45. The van der Waals surface area contributed by atoms with Crippen molar-refractivity contribution in [3.05, 3.63) is 141 Å². The summed E-state index contributed by atoms with van der Waals surface area (Å²) in [7, 11) is 1.67. The standard InChI is InChI=1S/C40H41IN4O4/c1-26-36(39(2,3)29-15-18-31(48-4)19-16-29)35(21-22-44-25-33(42-43-44)37(46)28-13-9-6-10-14-28)49-40(26)32-23-30(41)17-20-34(32)45(38(40)47)24-27-11-7-5-8-12-27/h5-20,23,25-26,35-37,46H,21-22,24H2,1-4H3/t26-,35+,36-,37+,40+/m0/s1. The Labute approximate surface area is 301 Å². The SMILES string of the molecule is COc1ccc(C(C)(C)[C@@H]2[C@@H](CCn3cc([C@H](O)c4ccccc4)nn3)O[C@]3(C(=O)N(Cc4ccccc4)c4ccc(I)cc43)[C@H]2C)cc1. The first-order chi connectivity index (χ1) is 23.6. The van der Waals surface area contributed by atoms with Gasteiger partial charge in [0, 0.05) is 27.5 Å². The second-order valence-electron chi connectivity index (χ2n) is 13.7. The number of carbonyl (C=O) groups is 1. The van der Waals surface area contributed by atoms with Gasteiger partial charge in [0.25, 0.3) is 5.91 Å². The van der Waals surface area contributed by atoms with Gasteiger partial charge in [-0.25, -0.2) is 0 Å². The quantitative estimate of drug-likeness (QED) is 0.149. The van der Waals surface area contributed by atoms with Crippen molar-refractivity contribution in [3.63, 3.8) is 0 Å². The molecule has 5 atom stereocenters. The van der Waals surface area contributed by atoms with Crippen molar-refractivity contribution >= 4 is 34.2 Å². The van der Waals surface area contributed by atoms with Gasteiger partial charge in [-0.3, -0.25) is 9.48 Å². The van der Waals surface area contributed by atoms with Crippen molar-refractivity contribution in [1.29, 1.82) is 0 Å². The Morgan fingerprint density at radius 1 is 1.00 bits per heavy atom. The molecule has 1 amide bonds. The number of aliphatic hydroxyl groups excluding tert-OH is 1. The molecule has 4 aromatic carbocycles. The van der Waals surface area contributed by atoms with E-state index in [2.05, 4.69) is 96.1 Å². The van der Waals surface area contributed by atoms with Gasteiger partial charge in [0.15, 0.2) is 5.60 Å². The van der Waals surface area contributed by atoms with Gasteiger partial charge in [0.05, 0.1) is 31.6 Å². The van der Waals surface area contributed by atoms with Gasteiger partial charge in [0.2, 0.25) is 0 Å². The molecular formula is C40H41IN4O4. The van der Waals surface area contributed by atoms with E-state index in [9.17, 15) is 9.90 Å². The molecule has 2 aliphatic heterocycles. The summed E-state index contributed by atoms with van der Waals surface area (Å²) in [6, 6.07) is 34.1. The number of fused-ring (bicyclic) bond motifs is 2. The predicted molar refractivity (Wildman–Crippen MR) is 197 cm³/mol. The number of aliphatic hydroxyl groups is 1. The highest BCUT2D eigenvalue weighted by atomic mass is 127. The number of ether oxygens (including phenoxy) is 2. The lowest BCUT2D eigenvalue weighted by atomic mass is 9.63. The molecule has 252 valence electrons. The van der Waals surface area contributed by atoms with E-state index in [1.165, 1.54) is 0 Å². The largest absolute Gasteiger partial charge is 0.497 e. The normalized spacial score (nSPS) is 22.4. The van der Waals surface area contributed by atoms with Crippen molar-refractivity contribution in [2.45, 2.75) is 63.5 Å². The summed E-state index contributed by atoms with van der Waals surface area (Å²) in [5, 5.41) is 19.6. The Morgan fingerprint density at radius 3 is 2.39 bits per heavy atom. The Hall–Kier alpha value is -4.06. The first-order valence-electron chi connectivity index (χ1n) is 16.7. The maximum absolute atomic E-state index is 15.0. The molecule has 1 aromatic heterocycles. The fourth-order valence-electron chi connectivity index (χ4n) is 8.09. The molecule has 1 N–H and O–H groups in total. The smallest absolute Gasteiger partial charge is 0.264 e. The second-order valence-corrected chi connectivity index (χ2v) is 14.9. The van der Waals surface area contributed by atoms with Crippen LogP contribution in [0.1, 0.15) is 61.2 Å². The van der Waals surface area contributed by atoms with Crippen molar-refractivity contribution in [2.24, 2.45) is 11.8 Å². The van der Waals surface area contributed by atoms with E-state index >= 15 is 0 Å². The molecule has 1 fully saturated rings. The third-order valence-electron chi connectivity index (χ3n) is 10.6. The van der Waals surface area contributed by atoms with Gasteiger partial charge >= 0.3 is 0 Å². The van der Waals surface area contributed by atoms with Crippen LogP contribution in [-0.2, 0) is 33.6 Å². The summed E-state index contributed by atoms with van der Waals surface area (Å²) in [4.78, 5) is 16.9. The van der Waals surface area contributed by atoms with Crippen LogP contribution in [0, 0.1) is 15.4 Å². The zero-order valence-electron chi connectivity index (χ0n) is 28.2. The number of aromatic nitrogens is 3. The first-order valence-corrected chi connectivity index (χ1v) is 17.8. The number of nitrogens with zero attached hydrogens (tertiary/aromatic N) is 4. The summed E-state index contributed by atoms with van der Waals surface area (Å²) in [5.41, 5.74) is 3.78. The molecule has 0 aliphatic carbocycles. The first kappa shape index (κ1) is 33.4. The second kappa shape index (κ2) is 13.3. The minimum Gasteiger partial charge on any atom is -0.497 e. The molecule has 7 rings (SSSR count). The Bertz CT molecular complexity index is 1930. The van der Waals surface area contributed by atoms with Crippen LogP contribution in [0.3, 0.4) is 0 Å². The number of rotatable bonds is 10. The van der Waals surface area contributed by atoms with Crippen molar-refractivity contribution in [3.8, 4) is 5.75 Å². The maximum atomic E-state index is 15.0. The lowest BCUT2D eigenvalue weighted by molar-refractivity contribution is -0.146. The third kappa shape index (κ3) is 5.95. The number of aryl methyl sites for hydroxylation is 1. The Balaban J connectivity index is 1.25. The Morgan fingerprint density at radius 2 is 1.69 bits per heavy atom. The lowest BCUT2D eigenvalue weighted by Gasteiger charge is -2.38.